The van der Waals surface area contributed by atoms with E-state index in [2.05, 4.69) is 29.8 Å². The average Bonchev–Trinajstić information content (AvgIpc) is 2.72. The fourth-order valence-corrected chi connectivity index (χ4v) is 5.05. The maximum atomic E-state index is 12.0. The van der Waals surface area contributed by atoms with Crippen LogP contribution in [0.2, 0.25) is 0 Å². The van der Waals surface area contributed by atoms with E-state index >= 15 is 0 Å². The van der Waals surface area contributed by atoms with Crippen molar-refractivity contribution in [1.82, 2.24) is 16.0 Å². The highest BCUT2D eigenvalue weighted by atomic mass is 33.1. The number of nitrogens with one attached hydrogen (secondary N) is 3. The second kappa shape index (κ2) is 18.6. The van der Waals surface area contributed by atoms with E-state index < -0.39 is 6.04 Å². The van der Waals surface area contributed by atoms with Gasteiger partial charge in [-0.25, -0.2) is 0 Å². The molecule has 1 unspecified atom stereocenters. The summed E-state index contributed by atoms with van der Waals surface area (Å²) in [5.41, 5.74) is 11.6. The number of hydrogen-bond donors (Lipinski definition) is 5. The second-order valence-corrected chi connectivity index (χ2v) is 11.2. The van der Waals surface area contributed by atoms with Gasteiger partial charge in [-0.3, -0.25) is 14.4 Å². The van der Waals surface area contributed by atoms with Crippen LogP contribution in [0.5, 0.6) is 0 Å². The second-order valence-electron chi connectivity index (χ2n) is 8.15. The van der Waals surface area contributed by atoms with Crippen LogP contribution in [0, 0.1) is 0 Å². The van der Waals surface area contributed by atoms with Crippen LogP contribution in [0.4, 0.5) is 0 Å². The van der Waals surface area contributed by atoms with Crippen LogP contribution in [-0.2, 0) is 14.4 Å². The summed E-state index contributed by atoms with van der Waals surface area (Å²) in [5, 5.41) is 8.55. The fraction of sp³-hybridized carbons (Fsp3) is 0.857. The topological polar surface area (TPSA) is 139 Å². The molecule has 10 heteroatoms. The molecule has 7 N–H and O–H groups in total. The molecule has 0 heterocycles. The Kier molecular flexibility index (Phi) is 18.0. The normalized spacial score (nSPS) is 12.3. The van der Waals surface area contributed by atoms with Gasteiger partial charge < -0.3 is 27.4 Å². The summed E-state index contributed by atoms with van der Waals surface area (Å²) in [5.74, 6) is 0.564. The van der Waals surface area contributed by atoms with Crippen LogP contribution in [0.25, 0.3) is 0 Å². The highest BCUT2D eigenvalue weighted by molar-refractivity contribution is 8.77. The maximum Gasteiger partial charge on any atom is 0.237 e. The molecular weight excluding hydrogens is 434 g/mol. The Morgan fingerprint density at radius 2 is 1.42 bits per heavy atom. The molecule has 0 aromatic rings. The third-order valence-electron chi connectivity index (χ3n) is 4.52. The van der Waals surface area contributed by atoms with E-state index in [0.29, 0.717) is 44.8 Å². The Morgan fingerprint density at radius 3 is 1.97 bits per heavy atom. The lowest BCUT2D eigenvalue weighted by Gasteiger charge is -2.21. The lowest BCUT2D eigenvalue weighted by atomic mass is 10.1. The molecule has 0 saturated heterocycles. The van der Waals surface area contributed by atoms with Crippen molar-refractivity contribution in [1.29, 1.82) is 0 Å². The van der Waals surface area contributed by atoms with Crippen molar-refractivity contribution in [2.75, 3.05) is 31.9 Å². The Hall–Kier alpha value is -0.970. The molecule has 1 atom stereocenters. The summed E-state index contributed by atoms with van der Waals surface area (Å²) in [6.07, 6.45) is 6.22. The molecule has 0 aromatic carbocycles. The zero-order chi connectivity index (χ0) is 23.5. The third kappa shape index (κ3) is 18.3. The fourth-order valence-electron chi connectivity index (χ4n) is 2.50. The van der Waals surface area contributed by atoms with E-state index in [1.165, 1.54) is 0 Å². The van der Waals surface area contributed by atoms with Crippen molar-refractivity contribution < 1.29 is 14.4 Å². The Labute approximate surface area is 195 Å². The molecule has 0 spiro atoms. The molecule has 0 aliphatic carbocycles. The third-order valence-corrected chi connectivity index (χ3v) is 7.86. The molecule has 0 aliphatic heterocycles. The molecule has 0 aliphatic rings. The van der Waals surface area contributed by atoms with Gasteiger partial charge in [0.15, 0.2) is 0 Å². The van der Waals surface area contributed by atoms with E-state index in [9.17, 15) is 14.4 Å². The summed E-state index contributed by atoms with van der Waals surface area (Å²) < 4.78 is -0.0282. The number of carbonyl (C=O) groups is 3. The van der Waals surface area contributed by atoms with Gasteiger partial charge in [0.05, 0.1) is 6.04 Å². The van der Waals surface area contributed by atoms with E-state index in [4.69, 9.17) is 11.5 Å². The summed E-state index contributed by atoms with van der Waals surface area (Å²) in [6, 6.07) is -0.530. The van der Waals surface area contributed by atoms with Crippen molar-refractivity contribution in [2.24, 2.45) is 11.5 Å². The van der Waals surface area contributed by atoms with Gasteiger partial charge in [0, 0.05) is 49.5 Å². The first kappa shape index (κ1) is 30.0. The van der Waals surface area contributed by atoms with Crippen molar-refractivity contribution in [2.45, 2.75) is 82.9 Å². The van der Waals surface area contributed by atoms with Gasteiger partial charge in [-0.1, -0.05) is 34.4 Å². The van der Waals surface area contributed by atoms with Gasteiger partial charge in [0.2, 0.25) is 17.7 Å². The molecule has 3 amide bonds. The molecule has 0 fully saturated rings. The Morgan fingerprint density at radius 1 is 0.871 bits per heavy atom. The lowest BCUT2D eigenvalue weighted by Crippen LogP contribution is -2.42. The lowest BCUT2D eigenvalue weighted by molar-refractivity contribution is -0.122. The number of nitrogens with two attached hydrogens (primary N) is 2. The molecule has 8 nitrogen and oxygen atoms in total. The standard InChI is InChI=1S/C21H43N5O3S2/c1-4-24-18(27)11-7-5-9-13-25-19(28)12-8-6-10-14-26-20(29)17(23)15-30-31-21(2,3)16-22/h17H,4-16,22-23H2,1-3H3,(H,24,27)(H,25,28)(H,26,29). The Balaban J connectivity index is 3.57. The predicted molar refractivity (Wildman–Crippen MR) is 133 cm³/mol. The minimum Gasteiger partial charge on any atom is -0.356 e. The average molecular weight is 478 g/mol. The SMILES string of the molecule is CCNC(=O)CCCCCNC(=O)CCCCCNC(=O)C(N)CSSC(C)(C)CN. The first-order valence-electron chi connectivity index (χ1n) is 11.3. The van der Waals surface area contributed by atoms with Crippen LogP contribution < -0.4 is 27.4 Å². The van der Waals surface area contributed by atoms with E-state index in [-0.39, 0.29) is 22.5 Å². The van der Waals surface area contributed by atoms with Gasteiger partial charge in [-0.15, -0.1) is 0 Å². The van der Waals surface area contributed by atoms with Gasteiger partial charge in [0.25, 0.3) is 0 Å². The predicted octanol–water partition coefficient (Wildman–Crippen LogP) is 1.92. The first-order chi connectivity index (χ1) is 14.7. The van der Waals surface area contributed by atoms with Gasteiger partial charge in [0.1, 0.15) is 0 Å². The highest BCUT2D eigenvalue weighted by Gasteiger charge is 2.19. The van der Waals surface area contributed by atoms with Crippen LogP contribution in [0.15, 0.2) is 0 Å². The zero-order valence-electron chi connectivity index (χ0n) is 19.5. The van der Waals surface area contributed by atoms with Crippen LogP contribution in [0.3, 0.4) is 0 Å². The summed E-state index contributed by atoms with van der Waals surface area (Å²) >= 11 is 0. The summed E-state index contributed by atoms with van der Waals surface area (Å²) in [6.45, 7) is 8.50. The zero-order valence-corrected chi connectivity index (χ0v) is 21.1. The van der Waals surface area contributed by atoms with Gasteiger partial charge in [-0.2, -0.15) is 0 Å². The van der Waals surface area contributed by atoms with Gasteiger partial charge >= 0.3 is 0 Å². The largest absolute Gasteiger partial charge is 0.356 e. The van der Waals surface area contributed by atoms with Crippen molar-refractivity contribution >= 4 is 39.3 Å². The molecule has 0 radical (unpaired) electrons. The molecular formula is C21H43N5O3S2. The molecule has 0 aromatic heterocycles. The van der Waals surface area contributed by atoms with Crippen molar-refractivity contribution in [3.63, 3.8) is 0 Å². The van der Waals surface area contributed by atoms with Crippen molar-refractivity contribution in [3.05, 3.63) is 0 Å². The summed E-state index contributed by atoms with van der Waals surface area (Å²) in [7, 11) is 3.23. The van der Waals surface area contributed by atoms with Crippen LogP contribution >= 0.6 is 21.6 Å². The summed E-state index contributed by atoms with van der Waals surface area (Å²) in [4.78, 5) is 35.1. The van der Waals surface area contributed by atoms with E-state index in [0.717, 1.165) is 38.5 Å². The number of amides is 3. The molecule has 0 saturated carbocycles. The maximum absolute atomic E-state index is 12.0. The minimum atomic E-state index is -0.530. The van der Waals surface area contributed by atoms with E-state index in [1.807, 2.05) is 6.92 Å². The molecule has 0 bridgehead atoms. The molecule has 31 heavy (non-hydrogen) atoms. The monoisotopic (exact) mass is 477 g/mol. The number of hydrogen-bond acceptors (Lipinski definition) is 7. The number of rotatable bonds is 19. The van der Waals surface area contributed by atoms with Crippen molar-refractivity contribution in [3.8, 4) is 0 Å². The first-order valence-corrected chi connectivity index (χ1v) is 13.6. The molecule has 182 valence electrons. The molecule has 0 rings (SSSR count). The minimum absolute atomic E-state index is 0.0282. The van der Waals surface area contributed by atoms with Crippen LogP contribution in [-0.4, -0.2) is 60.4 Å². The number of carbonyl (C=O) groups excluding carboxylic acids is 3. The van der Waals surface area contributed by atoms with Gasteiger partial charge in [-0.05, 0) is 46.5 Å². The Bertz CT molecular complexity index is 521. The number of unbranched alkanes of at least 4 members (excludes halogenated alkanes) is 4. The quantitative estimate of drug-likeness (QED) is 0.141. The highest BCUT2D eigenvalue weighted by Crippen LogP contribution is 2.34. The smallest absolute Gasteiger partial charge is 0.237 e. The van der Waals surface area contributed by atoms with E-state index in [1.54, 1.807) is 21.6 Å². The van der Waals surface area contributed by atoms with Crippen LogP contribution in [0.1, 0.15) is 72.1 Å².